The minimum atomic E-state index is -0.867. The van der Waals surface area contributed by atoms with Crippen molar-refractivity contribution < 1.29 is 19.1 Å². The van der Waals surface area contributed by atoms with E-state index in [1.54, 1.807) is 18.2 Å². The van der Waals surface area contributed by atoms with Crippen molar-refractivity contribution in [2.45, 2.75) is 6.04 Å². The monoisotopic (exact) mass is 458 g/mol. The number of halogens is 1. The Morgan fingerprint density at radius 1 is 1.10 bits per heavy atom. The lowest BCUT2D eigenvalue weighted by Gasteiger charge is -2.28. The van der Waals surface area contributed by atoms with E-state index in [-0.39, 0.29) is 5.91 Å². The standard InChI is InChI=1S/C22H23BrN2O4/c1-28-22(27)21(17-5-7-18(23)8-6-17)24-20(26)11-4-16-2-9-19(10-3-16)25-12-14-29-15-13-25/h2-11,21H,12-15H2,1H3,(H,24,26). The number of rotatable bonds is 6. The van der Waals surface area contributed by atoms with Gasteiger partial charge in [0.1, 0.15) is 0 Å². The van der Waals surface area contributed by atoms with Gasteiger partial charge in [-0.05, 0) is 41.5 Å². The van der Waals surface area contributed by atoms with Gasteiger partial charge >= 0.3 is 5.97 Å². The summed E-state index contributed by atoms with van der Waals surface area (Å²) in [6.45, 7) is 3.23. The summed E-state index contributed by atoms with van der Waals surface area (Å²) < 4.78 is 11.1. The summed E-state index contributed by atoms with van der Waals surface area (Å²) in [5.41, 5.74) is 2.68. The Labute approximate surface area is 178 Å². The largest absolute Gasteiger partial charge is 0.467 e. The summed E-state index contributed by atoms with van der Waals surface area (Å²) in [6.07, 6.45) is 3.13. The van der Waals surface area contributed by atoms with E-state index in [1.165, 1.54) is 13.2 Å². The van der Waals surface area contributed by atoms with Crippen LogP contribution in [0.15, 0.2) is 59.1 Å². The van der Waals surface area contributed by atoms with E-state index in [0.717, 1.165) is 42.0 Å². The maximum absolute atomic E-state index is 12.4. The number of nitrogens with zero attached hydrogens (tertiary/aromatic N) is 1. The number of hydrogen-bond donors (Lipinski definition) is 1. The van der Waals surface area contributed by atoms with Crippen LogP contribution in [0.4, 0.5) is 5.69 Å². The average molecular weight is 459 g/mol. The lowest BCUT2D eigenvalue weighted by atomic mass is 10.1. The highest BCUT2D eigenvalue weighted by Gasteiger charge is 2.22. The van der Waals surface area contributed by atoms with Crippen LogP contribution in [-0.4, -0.2) is 45.3 Å². The number of carbonyl (C=O) groups is 2. The molecule has 1 amide bonds. The Bertz CT molecular complexity index is 859. The number of ether oxygens (including phenoxy) is 2. The Kier molecular flexibility index (Phi) is 7.43. The van der Waals surface area contributed by atoms with Crippen LogP contribution >= 0.6 is 15.9 Å². The molecule has 1 saturated heterocycles. The third kappa shape index (κ3) is 5.92. The van der Waals surface area contributed by atoms with Gasteiger partial charge < -0.3 is 19.7 Å². The first-order valence-electron chi connectivity index (χ1n) is 9.31. The molecule has 0 bridgehead atoms. The molecule has 2 aromatic rings. The smallest absolute Gasteiger partial charge is 0.333 e. The highest BCUT2D eigenvalue weighted by atomic mass is 79.9. The van der Waals surface area contributed by atoms with Gasteiger partial charge in [-0.15, -0.1) is 0 Å². The minimum Gasteiger partial charge on any atom is -0.467 e. The van der Waals surface area contributed by atoms with E-state index in [4.69, 9.17) is 9.47 Å². The van der Waals surface area contributed by atoms with Crippen molar-refractivity contribution in [2.24, 2.45) is 0 Å². The summed E-state index contributed by atoms with van der Waals surface area (Å²) >= 11 is 3.36. The minimum absolute atomic E-state index is 0.374. The van der Waals surface area contributed by atoms with Crippen molar-refractivity contribution in [3.05, 3.63) is 70.2 Å². The molecule has 29 heavy (non-hydrogen) atoms. The molecule has 1 unspecified atom stereocenters. The van der Waals surface area contributed by atoms with Crippen LogP contribution in [0.25, 0.3) is 6.08 Å². The van der Waals surface area contributed by atoms with Crippen molar-refractivity contribution in [1.82, 2.24) is 5.32 Å². The molecule has 0 aliphatic carbocycles. The lowest BCUT2D eigenvalue weighted by Crippen LogP contribution is -2.36. The van der Waals surface area contributed by atoms with E-state index < -0.39 is 12.0 Å². The third-order valence-electron chi connectivity index (χ3n) is 4.62. The van der Waals surface area contributed by atoms with Crippen molar-refractivity contribution in [3.63, 3.8) is 0 Å². The molecule has 1 atom stereocenters. The molecule has 1 aliphatic heterocycles. The first-order valence-corrected chi connectivity index (χ1v) is 10.1. The number of carbonyl (C=O) groups excluding carboxylic acids is 2. The molecule has 1 aliphatic rings. The zero-order chi connectivity index (χ0) is 20.6. The number of benzene rings is 2. The van der Waals surface area contributed by atoms with Crippen molar-refractivity contribution >= 4 is 39.6 Å². The molecular formula is C22H23BrN2O4. The molecule has 1 heterocycles. The van der Waals surface area contributed by atoms with Gasteiger partial charge in [-0.2, -0.15) is 0 Å². The fourth-order valence-corrected chi connectivity index (χ4v) is 3.30. The van der Waals surface area contributed by atoms with E-state index in [9.17, 15) is 9.59 Å². The molecule has 1 fully saturated rings. The zero-order valence-corrected chi connectivity index (χ0v) is 17.7. The van der Waals surface area contributed by atoms with Crippen molar-refractivity contribution in [2.75, 3.05) is 38.3 Å². The third-order valence-corrected chi connectivity index (χ3v) is 5.15. The number of anilines is 1. The highest BCUT2D eigenvalue weighted by molar-refractivity contribution is 9.10. The summed E-state index contributed by atoms with van der Waals surface area (Å²) in [5, 5.41) is 2.70. The normalized spacial score (nSPS) is 15.2. The van der Waals surface area contributed by atoms with E-state index >= 15 is 0 Å². The summed E-state index contributed by atoms with van der Waals surface area (Å²) in [4.78, 5) is 26.7. The molecular weight excluding hydrogens is 436 g/mol. The first-order chi connectivity index (χ1) is 14.1. The van der Waals surface area contributed by atoms with E-state index in [2.05, 4.69) is 26.1 Å². The highest BCUT2D eigenvalue weighted by Crippen LogP contribution is 2.19. The van der Waals surface area contributed by atoms with Crippen LogP contribution in [-0.2, 0) is 19.1 Å². The second kappa shape index (κ2) is 10.2. The second-order valence-corrected chi connectivity index (χ2v) is 7.46. The maximum Gasteiger partial charge on any atom is 0.333 e. The van der Waals surface area contributed by atoms with E-state index in [0.29, 0.717) is 5.56 Å². The van der Waals surface area contributed by atoms with Gasteiger partial charge in [0, 0.05) is 29.3 Å². The molecule has 2 aromatic carbocycles. The Hall–Kier alpha value is -2.64. The summed E-state index contributed by atoms with van der Waals surface area (Å²) in [7, 11) is 1.30. The Morgan fingerprint density at radius 3 is 2.38 bits per heavy atom. The Morgan fingerprint density at radius 2 is 1.76 bits per heavy atom. The number of morpholine rings is 1. The average Bonchev–Trinajstić information content (AvgIpc) is 2.77. The van der Waals surface area contributed by atoms with Gasteiger partial charge in [-0.3, -0.25) is 4.79 Å². The van der Waals surface area contributed by atoms with Crippen LogP contribution in [0.3, 0.4) is 0 Å². The van der Waals surface area contributed by atoms with Gasteiger partial charge in [0.05, 0.1) is 20.3 Å². The number of methoxy groups -OCH3 is 1. The molecule has 0 aromatic heterocycles. The molecule has 7 heteroatoms. The number of nitrogens with one attached hydrogen (secondary N) is 1. The number of esters is 1. The van der Waals surface area contributed by atoms with Crippen LogP contribution in [0, 0.1) is 0 Å². The quantitative estimate of drug-likeness (QED) is 0.531. The molecule has 152 valence electrons. The molecule has 0 saturated carbocycles. The summed E-state index contributed by atoms with van der Waals surface area (Å²) in [6, 6.07) is 14.3. The van der Waals surface area contributed by atoms with Crippen molar-refractivity contribution in [3.8, 4) is 0 Å². The van der Waals surface area contributed by atoms with Crippen LogP contribution in [0.5, 0.6) is 0 Å². The lowest BCUT2D eigenvalue weighted by molar-refractivity contribution is -0.144. The maximum atomic E-state index is 12.4. The molecule has 0 spiro atoms. The van der Waals surface area contributed by atoms with Crippen LogP contribution in [0.1, 0.15) is 17.2 Å². The van der Waals surface area contributed by atoms with E-state index in [1.807, 2.05) is 36.4 Å². The fourth-order valence-electron chi connectivity index (χ4n) is 3.03. The zero-order valence-electron chi connectivity index (χ0n) is 16.1. The van der Waals surface area contributed by atoms with Gasteiger partial charge in [0.15, 0.2) is 6.04 Å². The number of hydrogen-bond acceptors (Lipinski definition) is 5. The molecule has 3 rings (SSSR count). The molecule has 6 nitrogen and oxygen atoms in total. The topological polar surface area (TPSA) is 67.9 Å². The molecule has 0 radical (unpaired) electrons. The van der Waals surface area contributed by atoms with Crippen molar-refractivity contribution in [1.29, 1.82) is 0 Å². The predicted octanol–water partition coefficient (Wildman–Crippen LogP) is 3.33. The second-order valence-electron chi connectivity index (χ2n) is 6.54. The van der Waals surface area contributed by atoms with Gasteiger partial charge in [-0.25, -0.2) is 4.79 Å². The number of amides is 1. The van der Waals surface area contributed by atoms with Gasteiger partial charge in [-0.1, -0.05) is 40.2 Å². The van der Waals surface area contributed by atoms with Crippen LogP contribution in [0.2, 0.25) is 0 Å². The van der Waals surface area contributed by atoms with Crippen LogP contribution < -0.4 is 10.2 Å². The van der Waals surface area contributed by atoms with Gasteiger partial charge in [0.25, 0.3) is 0 Å². The Balaban J connectivity index is 1.63. The SMILES string of the molecule is COC(=O)C(NC(=O)C=Cc1ccc(N2CCOCC2)cc1)c1ccc(Br)cc1. The predicted molar refractivity (Wildman–Crippen MR) is 116 cm³/mol. The summed E-state index contributed by atoms with van der Waals surface area (Å²) in [5.74, 6) is -0.899. The van der Waals surface area contributed by atoms with Gasteiger partial charge in [0.2, 0.25) is 5.91 Å². The molecule has 1 N–H and O–H groups in total. The first kappa shape index (κ1) is 21.1. The fraction of sp³-hybridized carbons (Fsp3) is 0.273.